The van der Waals surface area contributed by atoms with E-state index < -0.39 is 0 Å². The first kappa shape index (κ1) is 17.8. The van der Waals surface area contributed by atoms with Crippen molar-refractivity contribution in [3.8, 4) is 0 Å². The highest BCUT2D eigenvalue weighted by Gasteiger charge is 2.45. The van der Waals surface area contributed by atoms with Gasteiger partial charge in [-0.15, -0.1) is 0 Å². The number of fused-ring (bicyclic) bond motifs is 4. The molecule has 140 valence electrons. The van der Waals surface area contributed by atoms with Crippen LogP contribution in [0.2, 0.25) is 0 Å². The Hall–Kier alpha value is -2.62. The van der Waals surface area contributed by atoms with Gasteiger partial charge < -0.3 is 10.2 Å². The molecular formula is C23H26N2O2. The standard InChI is InChI=1S/C23H26N2O2/c1-15(2)11-13-24-22(26)20-18-9-5-6-10-19(18)23(27)25-14-12-16-7-3-4-8-17(16)21(20)25/h3-10,15,20-21H,11-14H2,1-2H3,(H,24,26). The van der Waals surface area contributed by atoms with Crippen LogP contribution < -0.4 is 5.32 Å². The molecule has 0 aromatic heterocycles. The van der Waals surface area contributed by atoms with Gasteiger partial charge in [0.05, 0.1) is 12.0 Å². The molecule has 4 heteroatoms. The molecule has 27 heavy (non-hydrogen) atoms. The number of nitrogens with one attached hydrogen (secondary N) is 1. The van der Waals surface area contributed by atoms with Gasteiger partial charge in [-0.3, -0.25) is 9.59 Å². The zero-order valence-electron chi connectivity index (χ0n) is 15.9. The fourth-order valence-electron chi connectivity index (χ4n) is 4.35. The summed E-state index contributed by atoms with van der Waals surface area (Å²) < 4.78 is 0. The molecule has 1 N–H and O–H groups in total. The van der Waals surface area contributed by atoms with Gasteiger partial charge in [0, 0.05) is 18.7 Å². The number of amides is 2. The molecule has 2 heterocycles. The van der Waals surface area contributed by atoms with Crippen LogP contribution in [-0.4, -0.2) is 29.8 Å². The summed E-state index contributed by atoms with van der Waals surface area (Å²) in [6.45, 7) is 5.63. The lowest BCUT2D eigenvalue weighted by molar-refractivity contribution is -0.124. The maximum absolute atomic E-state index is 13.3. The van der Waals surface area contributed by atoms with Gasteiger partial charge in [0.2, 0.25) is 5.91 Å². The Morgan fingerprint density at radius 1 is 1.11 bits per heavy atom. The molecule has 2 aliphatic heterocycles. The lowest BCUT2D eigenvalue weighted by atomic mass is 9.76. The van der Waals surface area contributed by atoms with Crippen LogP contribution in [0.4, 0.5) is 0 Å². The molecule has 0 bridgehead atoms. The maximum atomic E-state index is 13.3. The van der Waals surface area contributed by atoms with Crippen molar-refractivity contribution in [3.63, 3.8) is 0 Å². The van der Waals surface area contributed by atoms with E-state index in [0.29, 0.717) is 24.6 Å². The molecule has 4 rings (SSSR count). The average Bonchev–Trinajstić information content (AvgIpc) is 2.68. The summed E-state index contributed by atoms with van der Waals surface area (Å²) in [5.74, 6) is 0.226. The van der Waals surface area contributed by atoms with E-state index in [1.165, 1.54) is 5.56 Å². The third-order valence-electron chi connectivity index (χ3n) is 5.74. The predicted molar refractivity (Wildman–Crippen MR) is 106 cm³/mol. The van der Waals surface area contributed by atoms with Crippen LogP contribution in [-0.2, 0) is 11.2 Å². The second kappa shape index (κ2) is 7.18. The van der Waals surface area contributed by atoms with E-state index in [-0.39, 0.29) is 23.8 Å². The SMILES string of the molecule is CC(C)CCNC(=O)C1c2ccccc2C(=O)N2CCc3ccccc3C12. The van der Waals surface area contributed by atoms with Crippen molar-refractivity contribution in [2.75, 3.05) is 13.1 Å². The third-order valence-corrected chi connectivity index (χ3v) is 5.74. The molecule has 2 aromatic rings. The van der Waals surface area contributed by atoms with Crippen molar-refractivity contribution in [1.82, 2.24) is 10.2 Å². The van der Waals surface area contributed by atoms with E-state index >= 15 is 0 Å². The van der Waals surface area contributed by atoms with Crippen molar-refractivity contribution < 1.29 is 9.59 Å². The smallest absolute Gasteiger partial charge is 0.254 e. The van der Waals surface area contributed by atoms with Gasteiger partial charge in [0.25, 0.3) is 5.91 Å². The lowest BCUT2D eigenvalue weighted by Crippen LogP contribution is -2.50. The number of hydrogen-bond donors (Lipinski definition) is 1. The third kappa shape index (κ3) is 3.14. The van der Waals surface area contributed by atoms with Gasteiger partial charge in [-0.2, -0.15) is 0 Å². The highest BCUT2D eigenvalue weighted by molar-refractivity contribution is 6.01. The number of benzene rings is 2. The second-order valence-electron chi connectivity index (χ2n) is 7.93. The first-order valence-electron chi connectivity index (χ1n) is 9.83. The van der Waals surface area contributed by atoms with Gasteiger partial charge in [-0.25, -0.2) is 0 Å². The molecule has 2 amide bonds. The summed E-state index contributed by atoms with van der Waals surface area (Å²) in [6, 6.07) is 15.6. The van der Waals surface area contributed by atoms with Crippen molar-refractivity contribution in [2.45, 2.75) is 38.6 Å². The van der Waals surface area contributed by atoms with Gasteiger partial charge in [-0.1, -0.05) is 56.3 Å². The molecule has 2 aliphatic rings. The first-order chi connectivity index (χ1) is 13.1. The largest absolute Gasteiger partial charge is 0.355 e. The molecule has 4 nitrogen and oxygen atoms in total. The number of carbonyl (C=O) groups is 2. The van der Waals surface area contributed by atoms with Gasteiger partial charge >= 0.3 is 0 Å². The topological polar surface area (TPSA) is 49.4 Å². The molecule has 0 spiro atoms. The maximum Gasteiger partial charge on any atom is 0.254 e. The molecule has 0 radical (unpaired) electrons. The predicted octanol–water partition coefficient (Wildman–Crippen LogP) is 3.69. The van der Waals surface area contributed by atoms with Crippen molar-refractivity contribution in [2.24, 2.45) is 5.92 Å². The van der Waals surface area contributed by atoms with Gasteiger partial charge in [0.15, 0.2) is 0 Å². The van der Waals surface area contributed by atoms with Crippen LogP contribution in [0.5, 0.6) is 0 Å². The van der Waals surface area contributed by atoms with E-state index in [9.17, 15) is 9.59 Å². The van der Waals surface area contributed by atoms with Crippen LogP contribution in [0.25, 0.3) is 0 Å². The summed E-state index contributed by atoms with van der Waals surface area (Å²) >= 11 is 0. The van der Waals surface area contributed by atoms with Crippen LogP contribution in [0.3, 0.4) is 0 Å². The van der Waals surface area contributed by atoms with Crippen LogP contribution >= 0.6 is 0 Å². The lowest BCUT2D eigenvalue weighted by Gasteiger charge is -2.45. The van der Waals surface area contributed by atoms with E-state index in [1.54, 1.807) is 0 Å². The second-order valence-corrected chi connectivity index (χ2v) is 7.93. The highest BCUT2D eigenvalue weighted by Crippen LogP contribution is 2.45. The Balaban J connectivity index is 1.77. The van der Waals surface area contributed by atoms with Gasteiger partial charge in [-0.05, 0) is 41.5 Å². The van der Waals surface area contributed by atoms with Crippen molar-refractivity contribution in [3.05, 3.63) is 70.8 Å². The quantitative estimate of drug-likeness (QED) is 0.902. The number of hydrogen-bond acceptors (Lipinski definition) is 2. The van der Waals surface area contributed by atoms with Crippen LogP contribution in [0.15, 0.2) is 48.5 Å². The first-order valence-corrected chi connectivity index (χ1v) is 9.83. The zero-order chi connectivity index (χ0) is 19.0. The molecule has 2 unspecified atom stereocenters. The minimum Gasteiger partial charge on any atom is -0.355 e. The summed E-state index contributed by atoms with van der Waals surface area (Å²) in [5, 5.41) is 3.13. The number of nitrogens with zero attached hydrogens (tertiary/aromatic N) is 1. The molecule has 2 atom stereocenters. The summed E-state index contributed by atoms with van der Waals surface area (Å²) in [4.78, 5) is 28.3. The Kier molecular flexibility index (Phi) is 4.73. The molecule has 0 aliphatic carbocycles. The molecule has 0 saturated heterocycles. The van der Waals surface area contributed by atoms with E-state index in [2.05, 4.69) is 31.3 Å². The number of carbonyl (C=O) groups excluding carboxylic acids is 2. The van der Waals surface area contributed by atoms with E-state index in [1.807, 2.05) is 41.3 Å². The molecule has 0 saturated carbocycles. The molecule has 2 aromatic carbocycles. The molecule has 0 fully saturated rings. The fourth-order valence-corrected chi connectivity index (χ4v) is 4.35. The molecular weight excluding hydrogens is 336 g/mol. The minimum atomic E-state index is -0.368. The summed E-state index contributed by atoms with van der Waals surface area (Å²) in [6.07, 6.45) is 1.78. The van der Waals surface area contributed by atoms with E-state index in [0.717, 1.165) is 24.0 Å². The van der Waals surface area contributed by atoms with Crippen LogP contribution in [0.1, 0.15) is 59.3 Å². The van der Waals surface area contributed by atoms with Crippen LogP contribution in [0, 0.1) is 5.92 Å². The van der Waals surface area contributed by atoms with Gasteiger partial charge in [0.1, 0.15) is 0 Å². The normalized spacial score (nSPS) is 20.7. The Labute approximate surface area is 160 Å². The monoisotopic (exact) mass is 362 g/mol. The van der Waals surface area contributed by atoms with E-state index in [4.69, 9.17) is 0 Å². The summed E-state index contributed by atoms with van der Waals surface area (Å²) in [7, 11) is 0. The fraction of sp³-hybridized carbons (Fsp3) is 0.391. The Morgan fingerprint density at radius 2 is 1.81 bits per heavy atom. The minimum absolute atomic E-state index is 0.0160. The van der Waals surface area contributed by atoms with Crippen molar-refractivity contribution in [1.29, 1.82) is 0 Å². The average molecular weight is 362 g/mol. The number of rotatable bonds is 4. The van der Waals surface area contributed by atoms with Crippen molar-refractivity contribution >= 4 is 11.8 Å². The Morgan fingerprint density at radius 3 is 2.59 bits per heavy atom. The zero-order valence-corrected chi connectivity index (χ0v) is 15.9. The highest BCUT2D eigenvalue weighted by atomic mass is 16.2. The summed E-state index contributed by atoms with van der Waals surface area (Å²) in [5.41, 5.74) is 3.86. The Bertz CT molecular complexity index is 874.